The summed E-state index contributed by atoms with van der Waals surface area (Å²) in [6, 6.07) is 2.46. The molecule has 1 heterocycles. The molecule has 1 atom stereocenters. The zero-order chi connectivity index (χ0) is 11.7. The summed E-state index contributed by atoms with van der Waals surface area (Å²) in [6.45, 7) is 6.44. The van der Waals surface area contributed by atoms with E-state index >= 15 is 0 Å². The minimum atomic E-state index is 0.356. The molecule has 2 rings (SSSR count). The van der Waals surface area contributed by atoms with Gasteiger partial charge in [0.05, 0.1) is 0 Å². The van der Waals surface area contributed by atoms with Gasteiger partial charge in [0.1, 0.15) is 16.2 Å². The normalized spacial score (nSPS) is 17.6. The van der Waals surface area contributed by atoms with E-state index in [1.807, 2.05) is 6.07 Å². The molecule has 1 aromatic heterocycles. The van der Waals surface area contributed by atoms with Crippen LogP contribution in [-0.4, -0.2) is 16.0 Å². The fourth-order valence-electron chi connectivity index (χ4n) is 1.71. The third kappa shape index (κ3) is 2.94. The molecule has 1 saturated carbocycles. The highest BCUT2D eigenvalue weighted by Gasteiger charge is 2.28. The molecule has 0 radical (unpaired) electrons. The molecular weight excluding hydrogens is 266 g/mol. The number of nitrogens with one attached hydrogen (secondary N) is 1. The summed E-state index contributed by atoms with van der Waals surface area (Å²) in [5.41, 5.74) is 0. The van der Waals surface area contributed by atoms with Gasteiger partial charge in [-0.3, -0.25) is 0 Å². The second-order valence-electron chi connectivity index (χ2n) is 4.86. The first-order valence-corrected chi connectivity index (χ1v) is 6.66. The van der Waals surface area contributed by atoms with E-state index in [0.717, 1.165) is 22.2 Å². The van der Waals surface area contributed by atoms with Crippen LogP contribution in [0.4, 0.5) is 5.82 Å². The van der Waals surface area contributed by atoms with E-state index in [1.54, 1.807) is 0 Å². The zero-order valence-corrected chi connectivity index (χ0v) is 11.6. The van der Waals surface area contributed by atoms with Gasteiger partial charge in [0.25, 0.3) is 0 Å². The average Bonchev–Trinajstić information content (AvgIpc) is 2.99. The quantitative estimate of drug-likeness (QED) is 0.859. The van der Waals surface area contributed by atoms with Gasteiger partial charge in [-0.15, -0.1) is 0 Å². The zero-order valence-electron chi connectivity index (χ0n) is 10.00. The Morgan fingerprint density at radius 2 is 2.00 bits per heavy atom. The number of rotatable bonds is 4. The summed E-state index contributed by atoms with van der Waals surface area (Å²) in [6.07, 6.45) is 2.69. The Labute approximate surface area is 105 Å². The van der Waals surface area contributed by atoms with E-state index in [-0.39, 0.29) is 0 Å². The predicted molar refractivity (Wildman–Crippen MR) is 69.6 cm³/mol. The van der Waals surface area contributed by atoms with Crippen LogP contribution in [0, 0.1) is 5.92 Å². The van der Waals surface area contributed by atoms with Crippen LogP contribution in [0.5, 0.6) is 0 Å². The highest BCUT2D eigenvalue weighted by molar-refractivity contribution is 9.10. The van der Waals surface area contributed by atoms with Crippen molar-refractivity contribution in [1.29, 1.82) is 0 Å². The van der Waals surface area contributed by atoms with Crippen LogP contribution in [0.1, 0.15) is 45.4 Å². The van der Waals surface area contributed by atoms with Crippen molar-refractivity contribution in [3.63, 3.8) is 0 Å². The molecule has 1 aliphatic rings. The van der Waals surface area contributed by atoms with Crippen molar-refractivity contribution in [3.8, 4) is 0 Å². The fraction of sp³-hybridized carbons (Fsp3) is 0.667. The van der Waals surface area contributed by atoms with E-state index in [2.05, 4.69) is 52.0 Å². The molecule has 0 saturated heterocycles. The first-order valence-electron chi connectivity index (χ1n) is 5.87. The highest BCUT2D eigenvalue weighted by Crippen LogP contribution is 2.34. The van der Waals surface area contributed by atoms with Crippen LogP contribution in [0.15, 0.2) is 10.7 Å². The Bertz CT molecular complexity index is 375. The van der Waals surface area contributed by atoms with Crippen LogP contribution in [0.2, 0.25) is 0 Å². The van der Waals surface area contributed by atoms with Crippen molar-refractivity contribution in [1.82, 2.24) is 9.97 Å². The summed E-state index contributed by atoms with van der Waals surface area (Å²) in [5.74, 6) is 3.01. The number of halogens is 1. The van der Waals surface area contributed by atoms with Gasteiger partial charge in [-0.2, -0.15) is 0 Å². The minimum absolute atomic E-state index is 0.356. The van der Waals surface area contributed by atoms with Crippen molar-refractivity contribution in [3.05, 3.63) is 16.5 Å². The van der Waals surface area contributed by atoms with Gasteiger partial charge in [-0.25, -0.2) is 9.97 Å². The lowest BCUT2D eigenvalue weighted by Gasteiger charge is -2.15. The third-order valence-electron chi connectivity index (χ3n) is 2.93. The summed E-state index contributed by atoms with van der Waals surface area (Å²) in [5, 5.41) is 3.46. The van der Waals surface area contributed by atoms with Crippen molar-refractivity contribution < 1.29 is 0 Å². The molecule has 1 unspecified atom stereocenters. The number of aromatic nitrogens is 2. The van der Waals surface area contributed by atoms with Crippen LogP contribution >= 0.6 is 15.9 Å². The number of hydrogen-bond acceptors (Lipinski definition) is 3. The van der Waals surface area contributed by atoms with E-state index in [9.17, 15) is 0 Å². The molecule has 0 aromatic carbocycles. The van der Waals surface area contributed by atoms with Gasteiger partial charge in [0.15, 0.2) is 0 Å². The molecule has 1 fully saturated rings. The molecule has 0 spiro atoms. The average molecular weight is 284 g/mol. The summed E-state index contributed by atoms with van der Waals surface area (Å²) < 4.78 is 0.858. The Morgan fingerprint density at radius 3 is 2.56 bits per heavy atom. The number of hydrogen-bond donors (Lipinski definition) is 1. The smallest absolute Gasteiger partial charge is 0.134 e. The Kier molecular flexibility index (Phi) is 3.47. The van der Waals surface area contributed by atoms with Crippen LogP contribution in [-0.2, 0) is 0 Å². The van der Waals surface area contributed by atoms with Gasteiger partial charge in [-0.05, 0) is 41.6 Å². The van der Waals surface area contributed by atoms with Crippen molar-refractivity contribution in [2.75, 3.05) is 5.32 Å². The fourth-order valence-corrected chi connectivity index (χ4v) is 2.11. The summed E-state index contributed by atoms with van der Waals surface area (Å²) in [4.78, 5) is 8.90. The number of nitrogens with zero attached hydrogens (tertiary/aromatic N) is 2. The first-order chi connectivity index (χ1) is 7.56. The van der Waals surface area contributed by atoms with Gasteiger partial charge < -0.3 is 5.32 Å². The van der Waals surface area contributed by atoms with Gasteiger partial charge in [-0.1, -0.05) is 13.8 Å². The molecule has 1 aromatic rings. The van der Waals surface area contributed by atoms with Crippen LogP contribution < -0.4 is 5.32 Å². The molecule has 0 bridgehead atoms. The lowest BCUT2D eigenvalue weighted by molar-refractivity contribution is 0.685. The Balaban J connectivity index is 2.13. The molecular formula is C12H18BrN3. The molecule has 88 valence electrons. The molecule has 1 N–H and O–H groups in total. The molecule has 1 aliphatic carbocycles. The van der Waals surface area contributed by atoms with Gasteiger partial charge in [0, 0.05) is 18.0 Å². The van der Waals surface area contributed by atoms with Crippen LogP contribution in [0.3, 0.4) is 0 Å². The SMILES string of the molecule is CC(C)c1nc(Br)cc(NC(C)C2CC2)n1. The van der Waals surface area contributed by atoms with Crippen molar-refractivity contribution in [2.45, 2.75) is 45.6 Å². The monoisotopic (exact) mass is 283 g/mol. The maximum absolute atomic E-state index is 4.53. The topological polar surface area (TPSA) is 37.8 Å². The maximum Gasteiger partial charge on any atom is 0.134 e. The molecule has 3 nitrogen and oxygen atoms in total. The predicted octanol–water partition coefficient (Wildman–Crippen LogP) is 3.57. The van der Waals surface area contributed by atoms with E-state index < -0.39 is 0 Å². The lowest BCUT2D eigenvalue weighted by Crippen LogP contribution is -2.18. The second kappa shape index (κ2) is 4.70. The summed E-state index contributed by atoms with van der Waals surface area (Å²) >= 11 is 3.43. The van der Waals surface area contributed by atoms with Crippen molar-refractivity contribution >= 4 is 21.7 Å². The Hall–Kier alpha value is -0.640. The standard InChI is InChI=1S/C12H18BrN3/c1-7(2)12-15-10(13)6-11(16-12)14-8(3)9-4-5-9/h6-9H,4-5H2,1-3H3,(H,14,15,16). The third-order valence-corrected chi connectivity index (χ3v) is 3.34. The van der Waals surface area contributed by atoms with Crippen molar-refractivity contribution in [2.24, 2.45) is 5.92 Å². The molecule has 4 heteroatoms. The highest BCUT2D eigenvalue weighted by atomic mass is 79.9. The van der Waals surface area contributed by atoms with Gasteiger partial charge >= 0.3 is 0 Å². The molecule has 0 aliphatic heterocycles. The van der Waals surface area contributed by atoms with E-state index in [1.165, 1.54) is 12.8 Å². The Morgan fingerprint density at radius 1 is 1.31 bits per heavy atom. The van der Waals surface area contributed by atoms with Crippen LogP contribution in [0.25, 0.3) is 0 Å². The van der Waals surface area contributed by atoms with Gasteiger partial charge in [0.2, 0.25) is 0 Å². The minimum Gasteiger partial charge on any atom is -0.367 e. The first kappa shape index (κ1) is 11.8. The largest absolute Gasteiger partial charge is 0.367 e. The molecule has 16 heavy (non-hydrogen) atoms. The second-order valence-corrected chi connectivity index (χ2v) is 5.67. The van der Waals surface area contributed by atoms with E-state index in [4.69, 9.17) is 0 Å². The maximum atomic E-state index is 4.53. The molecule has 0 amide bonds. The number of anilines is 1. The lowest BCUT2D eigenvalue weighted by atomic mass is 10.2. The summed E-state index contributed by atoms with van der Waals surface area (Å²) in [7, 11) is 0. The van der Waals surface area contributed by atoms with E-state index in [0.29, 0.717) is 12.0 Å².